The van der Waals surface area contributed by atoms with E-state index in [4.69, 9.17) is 17.3 Å². The first-order valence-electron chi connectivity index (χ1n) is 4.95. The molecule has 6 heteroatoms. The smallest absolute Gasteiger partial charge is 0.235 e. The molecule has 1 saturated heterocycles. The minimum Gasteiger partial charge on any atom is -0.398 e. The van der Waals surface area contributed by atoms with Gasteiger partial charge in [0.2, 0.25) is 10.0 Å². The summed E-state index contributed by atoms with van der Waals surface area (Å²) in [5.41, 5.74) is 6.62. The molecule has 1 fully saturated rings. The molecule has 0 radical (unpaired) electrons. The zero-order valence-electron chi connectivity index (χ0n) is 8.85. The van der Waals surface area contributed by atoms with Crippen LogP contribution in [0.4, 0.5) is 11.4 Å². The van der Waals surface area contributed by atoms with E-state index in [-0.39, 0.29) is 11.7 Å². The maximum atomic E-state index is 11.8. The molecular weight excluding hydrogens is 248 g/mol. The fourth-order valence-corrected chi connectivity index (χ4v) is 3.93. The number of halogens is 1. The second-order valence-electron chi connectivity index (χ2n) is 4.12. The van der Waals surface area contributed by atoms with Gasteiger partial charge in [-0.1, -0.05) is 18.5 Å². The second-order valence-corrected chi connectivity index (χ2v) is 6.47. The van der Waals surface area contributed by atoms with Crippen molar-refractivity contribution in [2.75, 3.05) is 22.3 Å². The zero-order chi connectivity index (χ0) is 11.9. The number of benzene rings is 1. The third kappa shape index (κ3) is 1.97. The minimum atomic E-state index is -3.19. The predicted molar refractivity (Wildman–Crippen MR) is 66.2 cm³/mol. The van der Waals surface area contributed by atoms with E-state index in [2.05, 4.69) is 0 Å². The van der Waals surface area contributed by atoms with Gasteiger partial charge in [-0.25, -0.2) is 8.42 Å². The largest absolute Gasteiger partial charge is 0.398 e. The van der Waals surface area contributed by atoms with Crippen LogP contribution in [0.25, 0.3) is 0 Å². The van der Waals surface area contributed by atoms with Crippen molar-refractivity contribution in [3.05, 3.63) is 23.2 Å². The van der Waals surface area contributed by atoms with E-state index in [0.29, 0.717) is 22.9 Å². The molecule has 0 spiro atoms. The highest BCUT2D eigenvalue weighted by molar-refractivity contribution is 7.93. The molecule has 0 aliphatic carbocycles. The molecule has 4 nitrogen and oxygen atoms in total. The SMILES string of the molecule is CC1CN(c2ccc(N)c(Cl)c2)S(=O)(=O)C1. The molecule has 1 atom stereocenters. The maximum absolute atomic E-state index is 11.8. The van der Waals surface area contributed by atoms with Crippen molar-refractivity contribution in [3.8, 4) is 0 Å². The van der Waals surface area contributed by atoms with E-state index in [1.165, 1.54) is 4.31 Å². The number of rotatable bonds is 1. The molecule has 1 aliphatic heterocycles. The average molecular weight is 261 g/mol. The highest BCUT2D eigenvalue weighted by Crippen LogP contribution is 2.31. The van der Waals surface area contributed by atoms with E-state index in [1.807, 2.05) is 6.92 Å². The Hall–Kier alpha value is -0.940. The number of nitrogens with zero attached hydrogens (tertiary/aromatic N) is 1. The summed E-state index contributed by atoms with van der Waals surface area (Å²) in [5, 5.41) is 0.382. The number of nitrogens with two attached hydrogens (primary N) is 1. The maximum Gasteiger partial charge on any atom is 0.235 e. The summed E-state index contributed by atoms with van der Waals surface area (Å²) < 4.78 is 25.0. The Morgan fingerprint density at radius 3 is 2.69 bits per heavy atom. The van der Waals surface area contributed by atoms with Gasteiger partial charge < -0.3 is 5.73 Å². The van der Waals surface area contributed by atoms with E-state index in [0.717, 1.165) is 0 Å². The number of hydrogen-bond donors (Lipinski definition) is 1. The van der Waals surface area contributed by atoms with Crippen LogP contribution in [0, 0.1) is 5.92 Å². The van der Waals surface area contributed by atoms with Crippen LogP contribution in [0.15, 0.2) is 18.2 Å². The molecule has 0 amide bonds. The summed E-state index contributed by atoms with van der Waals surface area (Å²) in [7, 11) is -3.19. The molecule has 0 aromatic heterocycles. The second kappa shape index (κ2) is 3.82. The highest BCUT2D eigenvalue weighted by atomic mass is 35.5. The van der Waals surface area contributed by atoms with E-state index < -0.39 is 10.0 Å². The van der Waals surface area contributed by atoms with Gasteiger partial charge in [0.25, 0.3) is 0 Å². The van der Waals surface area contributed by atoms with Crippen LogP contribution in [0.3, 0.4) is 0 Å². The Morgan fingerprint density at radius 1 is 1.50 bits per heavy atom. The molecule has 1 aliphatic rings. The Kier molecular flexibility index (Phi) is 2.75. The van der Waals surface area contributed by atoms with Crippen LogP contribution in [0.5, 0.6) is 0 Å². The van der Waals surface area contributed by atoms with Crippen molar-refractivity contribution in [1.29, 1.82) is 0 Å². The Bertz CT molecular complexity index is 516. The standard InChI is InChI=1S/C10H13ClN2O2S/c1-7-5-13(16(14,15)6-7)8-2-3-10(12)9(11)4-8/h2-4,7H,5-6,12H2,1H3. The Labute approximate surface area is 100 Å². The molecule has 1 aromatic rings. The monoisotopic (exact) mass is 260 g/mol. The van der Waals surface area contributed by atoms with Gasteiger partial charge in [-0.05, 0) is 24.1 Å². The molecule has 0 saturated carbocycles. The van der Waals surface area contributed by atoms with Gasteiger partial charge in [0, 0.05) is 6.54 Å². The van der Waals surface area contributed by atoms with Crippen LogP contribution in [0.2, 0.25) is 5.02 Å². The minimum absolute atomic E-state index is 0.140. The number of nitrogen functional groups attached to an aromatic ring is 1. The van der Waals surface area contributed by atoms with Gasteiger partial charge >= 0.3 is 0 Å². The fraction of sp³-hybridized carbons (Fsp3) is 0.400. The topological polar surface area (TPSA) is 63.4 Å². The van der Waals surface area contributed by atoms with Gasteiger partial charge in [0.15, 0.2) is 0 Å². The molecule has 2 N–H and O–H groups in total. The van der Waals surface area contributed by atoms with Gasteiger partial charge in [0.05, 0.1) is 22.2 Å². The van der Waals surface area contributed by atoms with E-state index in [9.17, 15) is 8.42 Å². The third-order valence-electron chi connectivity index (χ3n) is 2.58. The van der Waals surface area contributed by atoms with Crippen molar-refractivity contribution in [1.82, 2.24) is 0 Å². The van der Waals surface area contributed by atoms with Gasteiger partial charge in [-0.15, -0.1) is 0 Å². The number of anilines is 2. The first-order valence-corrected chi connectivity index (χ1v) is 6.94. The lowest BCUT2D eigenvalue weighted by molar-refractivity contribution is 0.598. The van der Waals surface area contributed by atoms with Crippen LogP contribution >= 0.6 is 11.6 Å². The van der Waals surface area contributed by atoms with Crippen LogP contribution in [0.1, 0.15) is 6.92 Å². The number of sulfonamides is 1. The number of hydrogen-bond acceptors (Lipinski definition) is 3. The first-order chi connectivity index (χ1) is 7.40. The summed E-state index contributed by atoms with van der Waals surface area (Å²) in [4.78, 5) is 0. The molecule has 1 aromatic carbocycles. The molecule has 0 bridgehead atoms. The van der Waals surface area contributed by atoms with E-state index >= 15 is 0 Å². The first kappa shape index (κ1) is 11.5. The van der Waals surface area contributed by atoms with Crippen molar-refractivity contribution in [3.63, 3.8) is 0 Å². The molecule has 88 valence electrons. The van der Waals surface area contributed by atoms with Gasteiger partial charge in [-0.3, -0.25) is 4.31 Å². The fourth-order valence-electron chi connectivity index (χ4n) is 1.84. The third-order valence-corrected chi connectivity index (χ3v) is 4.93. The summed E-state index contributed by atoms with van der Waals surface area (Å²) >= 11 is 5.88. The Balaban J connectivity index is 2.42. The lowest BCUT2D eigenvalue weighted by Gasteiger charge is -2.17. The summed E-state index contributed by atoms with van der Waals surface area (Å²) in [6.07, 6.45) is 0. The molecular formula is C10H13ClN2O2S. The zero-order valence-corrected chi connectivity index (χ0v) is 10.4. The Morgan fingerprint density at radius 2 is 2.19 bits per heavy atom. The predicted octanol–water partition coefficient (Wildman–Crippen LogP) is 1.71. The van der Waals surface area contributed by atoms with Crippen molar-refractivity contribution in [2.24, 2.45) is 5.92 Å². The lowest BCUT2D eigenvalue weighted by Crippen LogP contribution is -2.25. The molecule has 16 heavy (non-hydrogen) atoms. The summed E-state index contributed by atoms with van der Waals surface area (Å²) in [5.74, 6) is 0.330. The lowest BCUT2D eigenvalue weighted by atomic mass is 10.2. The van der Waals surface area contributed by atoms with Crippen molar-refractivity contribution >= 4 is 33.0 Å². The molecule has 1 unspecified atom stereocenters. The van der Waals surface area contributed by atoms with Gasteiger partial charge in [-0.2, -0.15) is 0 Å². The van der Waals surface area contributed by atoms with Crippen LogP contribution < -0.4 is 10.0 Å². The van der Waals surface area contributed by atoms with E-state index in [1.54, 1.807) is 18.2 Å². The van der Waals surface area contributed by atoms with Crippen molar-refractivity contribution < 1.29 is 8.42 Å². The summed E-state index contributed by atoms with van der Waals surface area (Å²) in [6.45, 7) is 2.42. The summed E-state index contributed by atoms with van der Waals surface area (Å²) in [6, 6.07) is 4.89. The van der Waals surface area contributed by atoms with Crippen LogP contribution in [-0.2, 0) is 10.0 Å². The quantitative estimate of drug-likeness (QED) is 0.782. The van der Waals surface area contributed by atoms with Crippen molar-refractivity contribution in [2.45, 2.75) is 6.92 Å². The average Bonchev–Trinajstić information content (AvgIpc) is 2.44. The van der Waals surface area contributed by atoms with Crippen LogP contribution in [-0.4, -0.2) is 20.7 Å². The normalized spacial score (nSPS) is 23.6. The highest BCUT2D eigenvalue weighted by Gasteiger charge is 2.33. The molecule has 2 rings (SSSR count). The van der Waals surface area contributed by atoms with Gasteiger partial charge in [0.1, 0.15) is 0 Å². The molecule has 1 heterocycles.